The lowest BCUT2D eigenvalue weighted by Gasteiger charge is -2.40. The van der Waals surface area contributed by atoms with Gasteiger partial charge in [0, 0.05) is 12.8 Å². The van der Waals surface area contributed by atoms with Crippen LogP contribution < -0.4 is 5.32 Å². The molecule has 1 heterocycles. The molecule has 0 radical (unpaired) electrons. The average Bonchev–Trinajstić information content (AvgIpc) is 0.982. The molecule has 0 saturated carbocycles. The van der Waals surface area contributed by atoms with Crippen LogP contribution in [-0.2, 0) is 23.8 Å². The van der Waals surface area contributed by atoms with Crippen molar-refractivity contribution in [3.8, 4) is 0 Å². The molecule has 0 aromatic rings. The van der Waals surface area contributed by atoms with Gasteiger partial charge in [0.05, 0.1) is 32.0 Å². The smallest absolute Gasteiger partial charge is 0.305 e. The Morgan fingerprint density at radius 3 is 1.09 bits per heavy atom. The molecule has 0 aliphatic carbocycles. The Hall–Kier alpha value is -2.12. The minimum atomic E-state index is -1.57. The number of carbonyl (C=O) groups excluding carboxylic acids is 2. The Morgan fingerprint density at radius 2 is 0.711 bits per heavy atom. The van der Waals surface area contributed by atoms with Crippen LogP contribution in [0.4, 0.5) is 0 Å². The Balaban J connectivity index is 1.88. The van der Waals surface area contributed by atoms with Gasteiger partial charge in [-0.1, -0.05) is 333 Å². The summed E-state index contributed by atoms with van der Waals surface area (Å²) in [7, 11) is 0. The number of aliphatic hydroxyl groups is 5. The monoisotopic (exact) mass is 1270 g/mol. The molecule has 530 valence electrons. The molecule has 1 saturated heterocycles. The number of nitrogens with one attached hydrogen (secondary N) is 1. The van der Waals surface area contributed by atoms with E-state index >= 15 is 0 Å². The van der Waals surface area contributed by atoms with Crippen molar-refractivity contribution in [3.63, 3.8) is 0 Å². The van der Waals surface area contributed by atoms with Gasteiger partial charge in [-0.15, -0.1) is 0 Å². The van der Waals surface area contributed by atoms with Crippen LogP contribution in [-0.4, -0.2) is 100 Å². The summed E-state index contributed by atoms with van der Waals surface area (Å²) in [4.78, 5) is 25.1. The van der Waals surface area contributed by atoms with Crippen molar-refractivity contribution in [1.82, 2.24) is 5.32 Å². The van der Waals surface area contributed by atoms with Gasteiger partial charge in [-0.3, -0.25) is 9.59 Å². The fourth-order valence-electron chi connectivity index (χ4n) is 12.5. The van der Waals surface area contributed by atoms with E-state index in [4.69, 9.17) is 14.2 Å². The average molecular weight is 1270 g/mol. The van der Waals surface area contributed by atoms with Crippen molar-refractivity contribution in [2.75, 3.05) is 19.8 Å². The van der Waals surface area contributed by atoms with Crippen LogP contribution in [0.5, 0.6) is 0 Å². The Labute approximate surface area is 555 Å². The van der Waals surface area contributed by atoms with E-state index < -0.39 is 49.5 Å². The molecule has 1 aliphatic heterocycles. The molecule has 0 aromatic carbocycles. The highest BCUT2D eigenvalue weighted by molar-refractivity contribution is 5.76. The van der Waals surface area contributed by atoms with Crippen molar-refractivity contribution < 1.29 is 49.3 Å². The second-order valence-electron chi connectivity index (χ2n) is 27.4. The lowest BCUT2D eigenvalue weighted by Crippen LogP contribution is -2.60. The van der Waals surface area contributed by atoms with Gasteiger partial charge in [0.15, 0.2) is 6.29 Å². The first-order valence-corrected chi connectivity index (χ1v) is 39.3. The predicted molar refractivity (Wildman–Crippen MR) is 380 cm³/mol. The van der Waals surface area contributed by atoms with Crippen LogP contribution in [0.15, 0.2) is 36.5 Å². The fraction of sp³-hybridized carbons (Fsp3) is 0.899. The minimum Gasteiger partial charge on any atom is -0.466 e. The van der Waals surface area contributed by atoms with Crippen LogP contribution in [0.3, 0.4) is 0 Å². The second-order valence-corrected chi connectivity index (χ2v) is 27.4. The van der Waals surface area contributed by atoms with E-state index in [-0.39, 0.29) is 18.5 Å². The predicted octanol–water partition coefficient (Wildman–Crippen LogP) is 20.9. The van der Waals surface area contributed by atoms with Gasteiger partial charge in [0.25, 0.3) is 0 Å². The van der Waals surface area contributed by atoms with Gasteiger partial charge in [-0.2, -0.15) is 0 Å². The zero-order valence-corrected chi connectivity index (χ0v) is 59.1. The number of hydrogen-bond donors (Lipinski definition) is 6. The molecule has 0 aromatic heterocycles. The quantitative estimate of drug-likeness (QED) is 0.0195. The normalized spacial score (nSPS) is 17.8. The molecule has 1 fully saturated rings. The maximum Gasteiger partial charge on any atom is 0.305 e. The first kappa shape index (κ1) is 85.9. The molecule has 1 amide bonds. The van der Waals surface area contributed by atoms with Crippen LogP contribution in [0.2, 0.25) is 0 Å². The van der Waals surface area contributed by atoms with Crippen LogP contribution in [0, 0.1) is 0 Å². The maximum absolute atomic E-state index is 13.1. The first-order valence-electron chi connectivity index (χ1n) is 39.3. The van der Waals surface area contributed by atoms with Crippen LogP contribution in [0.25, 0.3) is 0 Å². The molecule has 11 heteroatoms. The highest BCUT2D eigenvalue weighted by Crippen LogP contribution is 2.24. The van der Waals surface area contributed by atoms with Gasteiger partial charge in [0.2, 0.25) is 5.91 Å². The summed E-state index contributed by atoms with van der Waals surface area (Å²) in [5.41, 5.74) is 0. The molecule has 11 nitrogen and oxygen atoms in total. The van der Waals surface area contributed by atoms with Crippen LogP contribution >= 0.6 is 0 Å². The molecule has 7 atom stereocenters. The molecule has 0 bridgehead atoms. The number of ether oxygens (including phenoxy) is 3. The third-order valence-corrected chi connectivity index (χ3v) is 18.7. The SMILES string of the molecule is CCCCC/C=C\CCCCCCCC(=O)OCCCCCCCCCCCCCCCCCCCC/C=C\CCCCCCCCCCCCCCCCCCCC(=O)NC(COC1OC(CO)C(O)C(O)C1O)C(O)/C=C/CCCCCCCCCCC. The lowest BCUT2D eigenvalue weighted by molar-refractivity contribution is -0.302. The number of hydrogen-bond acceptors (Lipinski definition) is 10. The number of carbonyl (C=O) groups is 2. The summed E-state index contributed by atoms with van der Waals surface area (Å²) in [5, 5.41) is 54.5. The molecular weight excluding hydrogens is 1120 g/mol. The number of rotatable bonds is 70. The van der Waals surface area contributed by atoms with E-state index in [0.29, 0.717) is 19.4 Å². The summed E-state index contributed by atoms with van der Waals surface area (Å²) < 4.78 is 16.7. The molecule has 90 heavy (non-hydrogen) atoms. The lowest BCUT2D eigenvalue weighted by atomic mass is 9.99. The van der Waals surface area contributed by atoms with E-state index in [0.717, 1.165) is 57.8 Å². The van der Waals surface area contributed by atoms with Gasteiger partial charge in [0.1, 0.15) is 24.4 Å². The number of amides is 1. The molecule has 6 N–H and O–H groups in total. The Bertz CT molecular complexity index is 1590. The van der Waals surface area contributed by atoms with Gasteiger partial charge < -0.3 is 45.1 Å². The largest absolute Gasteiger partial charge is 0.466 e. The van der Waals surface area contributed by atoms with Gasteiger partial charge >= 0.3 is 5.97 Å². The van der Waals surface area contributed by atoms with Gasteiger partial charge in [-0.05, 0) is 83.5 Å². The topological polar surface area (TPSA) is 175 Å². The zero-order chi connectivity index (χ0) is 65.1. The zero-order valence-electron chi connectivity index (χ0n) is 59.1. The third-order valence-electron chi connectivity index (χ3n) is 18.7. The maximum atomic E-state index is 13.1. The highest BCUT2D eigenvalue weighted by Gasteiger charge is 2.44. The van der Waals surface area contributed by atoms with Crippen molar-refractivity contribution >= 4 is 11.9 Å². The van der Waals surface area contributed by atoms with Crippen molar-refractivity contribution in [2.45, 2.75) is 436 Å². The van der Waals surface area contributed by atoms with Crippen molar-refractivity contribution in [3.05, 3.63) is 36.5 Å². The van der Waals surface area contributed by atoms with E-state index in [1.54, 1.807) is 6.08 Å². The second kappa shape index (κ2) is 68.3. The number of aliphatic hydroxyl groups excluding tert-OH is 5. The Morgan fingerprint density at radius 1 is 0.400 bits per heavy atom. The van der Waals surface area contributed by atoms with E-state index in [9.17, 15) is 35.1 Å². The molecule has 0 spiro atoms. The number of unbranched alkanes of at least 4 members (excludes halogenated alkanes) is 52. The summed E-state index contributed by atoms with van der Waals surface area (Å²) in [6, 6.07) is -0.806. The minimum absolute atomic E-state index is 0.00700. The van der Waals surface area contributed by atoms with E-state index in [1.807, 2.05) is 6.08 Å². The molecule has 1 aliphatic rings. The van der Waals surface area contributed by atoms with Gasteiger partial charge in [-0.25, -0.2) is 0 Å². The third kappa shape index (κ3) is 56.2. The van der Waals surface area contributed by atoms with Crippen LogP contribution in [0.1, 0.15) is 393 Å². The standard InChI is InChI=1S/C79H149NO10/c1-3-5-7-9-11-13-15-47-51-55-59-63-67-75(84)88-68-64-60-56-52-48-44-42-40-38-36-34-32-30-28-26-24-22-20-18-16-17-19-21-23-25-27-29-31-33-35-37-39-41-43-46-50-54-58-62-66-74(83)80-71(70-89-79-78(87)77(86)76(85)73(69-81)90-79)72(82)65-61-57-53-49-45-14-12-10-8-6-4-2/h11,13,16-17,61,65,71-73,76-79,81-82,85-87H,3-10,12,14-15,18-60,62-64,66-70H2,1-2H3,(H,80,83)/b13-11-,17-16-,65-61+. The fourth-order valence-corrected chi connectivity index (χ4v) is 12.5. The van der Waals surface area contributed by atoms with E-state index in [2.05, 4.69) is 43.5 Å². The Kier molecular flexibility index (Phi) is 65.2. The summed E-state index contributed by atoms with van der Waals surface area (Å²) in [6.45, 7) is 4.35. The summed E-state index contributed by atoms with van der Waals surface area (Å²) in [5.74, 6) is -0.169. The summed E-state index contributed by atoms with van der Waals surface area (Å²) >= 11 is 0. The highest BCUT2D eigenvalue weighted by atomic mass is 16.7. The summed E-state index contributed by atoms with van der Waals surface area (Å²) in [6.07, 6.45) is 79.0. The van der Waals surface area contributed by atoms with Crippen molar-refractivity contribution in [2.24, 2.45) is 0 Å². The molecular formula is C79H149NO10. The molecule has 1 rings (SSSR count). The first-order chi connectivity index (χ1) is 44.2. The van der Waals surface area contributed by atoms with E-state index in [1.165, 1.54) is 308 Å². The molecule has 7 unspecified atom stereocenters. The number of esters is 1. The number of allylic oxidation sites excluding steroid dienone is 5. The van der Waals surface area contributed by atoms with Crippen molar-refractivity contribution in [1.29, 1.82) is 0 Å².